The van der Waals surface area contributed by atoms with Gasteiger partial charge in [0, 0.05) is 16.5 Å². The Morgan fingerprint density at radius 3 is 2.80 bits per heavy atom. The second-order valence-corrected chi connectivity index (χ2v) is 5.75. The molecule has 6 heteroatoms. The molecule has 0 unspecified atom stereocenters. The third-order valence-corrected chi connectivity index (χ3v) is 4.22. The molecule has 0 fully saturated rings. The summed E-state index contributed by atoms with van der Waals surface area (Å²) in [5, 5.41) is 2.56. The highest BCUT2D eigenvalue weighted by molar-refractivity contribution is 7.71. The molecule has 0 aliphatic heterocycles. The van der Waals surface area contributed by atoms with E-state index in [-0.39, 0.29) is 5.56 Å². The van der Waals surface area contributed by atoms with Crippen LogP contribution in [0.2, 0.25) is 0 Å². The van der Waals surface area contributed by atoms with Crippen LogP contribution in [0.25, 0.3) is 21.3 Å². The average molecular weight is 304 g/mol. The van der Waals surface area contributed by atoms with Gasteiger partial charge in [0.15, 0.2) is 4.77 Å². The van der Waals surface area contributed by atoms with E-state index in [1.54, 1.807) is 7.11 Å². The summed E-state index contributed by atoms with van der Waals surface area (Å²) in [5.41, 5.74) is 2.71. The molecule has 4 nitrogen and oxygen atoms in total. The van der Waals surface area contributed by atoms with Crippen LogP contribution in [0, 0.1) is 11.7 Å². The Hall–Kier alpha value is -1.92. The summed E-state index contributed by atoms with van der Waals surface area (Å²) in [6.07, 6.45) is 0. The van der Waals surface area contributed by atoms with Crippen molar-refractivity contribution in [1.82, 2.24) is 9.97 Å². The number of aromatic amines is 2. The van der Waals surface area contributed by atoms with Crippen LogP contribution in [0.5, 0.6) is 5.75 Å². The van der Waals surface area contributed by atoms with Crippen molar-refractivity contribution in [3.05, 3.63) is 44.3 Å². The summed E-state index contributed by atoms with van der Waals surface area (Å²) in [6.45, 7) is 2.01. The number of aromatic nitrogens is 2. The Balaban J connectivity index is 2.39. The van der Waals surface area contributed by atoms with Gasteiger partial charge in [-0.2, -0.15) is 0 Å². The lowest BCUT2D eigenvalue weighted by molar-refractivity contribution is 0.416. The molecule has 0 aliphatic rings. The highest BCUT2D eigenvalue weighted by Crippen LogP contribution is 2.36. The second-order valence-electron chi connectivity index (χ2n) is 4.47. The van der Waals surface area contributed by atoms with E-state index < -0.39 is 0 Å². The van der Waals surface area contributed by atoms with E-state index in [4.69, 9.17) is 17.0 Å². The number of fused-ring (bicyclic) bond motifs is 1. The van der Waals surface area contributed by atoms with Crippen molar-refractivity contribution >= 4 is 33.8 Å². The number of thiophene rings is 1. The summed E-state index contributed by atoms with van der Waals surface area (Å²) in [5.74, 6) is 0.747. The first-order valence-electron chi connectivity index (χ1n) is 5.99. The van der Waals surface area contributed by atoms with Crippen molar-refractivity contribution in [2.75, 3.05) is 7.11 Å². The Morgan fingerprint density at radius 1 is 1.25 bits per heavy atom. The van der Waals surface area contributed by atoms with Crippen LogP contribution in [0.15, 0.2) is 28.4 Å². The van der Waals surface area contributed by atoms with Crippen molar-refractivity contribution < 1.29 is 4.74 Å². The zero-order valence-electron chi connectivity index (χ0n) is 10.9. The third-order valence-electron chi connectivity index (χ3n) is 3.12. The van der Waals surface area contributed by atoms with Crippen molar-refractivity contribution in [3.63, 3.8) is 0 Å². The van der Waals surface area contributed by atoms with E-state index in [0.29, 0.717) is 10.2 Å². The first-order chi connectivity index (χ1) is 9.60. The molecule has 0 atom stereocenters. The molecule has 1 aromatic carbocycles. The topological polar surface area (TPSA) is 57.9 Å². The second kappa shape index (κ2) is 4.88. The van der Waals surface area contributed by atoms with Gasteiger partial charge >= 0.3 is 0 Å². The molecular weight excluding hydrogens is 292 g/mol. The molecule has 0 saturated carbocycles. The normalized spacial score (nSPS) is 10.9. The van der Waals surface area contributed by atoms with Gasteiger partial charge in [0.2, 0.25) is 0 Å². The fourth-order valence-electron chi connectivity index (χ4n) is 2.21. The van der Waals surface area contributed by atoms with Gasteiger partial charge in [-0.05, 0) is 31.3 Å². The molecule has 0 bridgehead atoms. The third kappa shape index (κ3) is 2.07. The molecule has 0 radical (unpaired) electrons. The number of rotatable bonds is 2. The van der Waals surface area contributed by atoms with E-state index in [1.165, 1.54) is 11.3 Å². The quantitative estimate of drug-likeness (QED) is 0.711. The number of nitrogens with one attached hydrogen (secondary N) is 2. The summed E-state index contributed by atoms with van der Waals surface area (Å²) >= 11 is 6.46. The summed E-state index contributed by atoms with van der Waals surface area (Å²) in [7, 11) is 1.63. The van der Waals surface area contributed by atoms with E-state index in [9.17, 15) is 4.79 Å². The van der Waals surface area contributed by atoms with Gasteiger partial charge in [-0.3, -0.25) is 9.78 Å². The number of benzene rings is 1. The van der Waals surface area contributed by atoms with Gasteiger partial charge < -0.3 is 9.72 Å². The molecule has 0 spiro atoms. The first kappa shape index (κ1) is 13.1. The fraction of sp³-hybridized carbons (Fsp3) is 0.143. The number of aryl methyl sites for hydroxylation is 1. The van der Waals surface area contributed by atoms with Crippen LogP contribution in [-0.2, 0) is 0 Å². The summed E-state index contributed by atoms with van der Waals surface area (Å²) < 4.78 is 5.74. The van der Waals surface area contributed by atoms with Crippen molar-refractivity contribution in [2.45, 2.75) is 6.92 Å². The van der Waals surface area contributed by atoms with Crippen molar-refractivity contribution in [1.29, 1.82) is 0 Å². The van der Waals surface area contributed by atoms with Gasteiger partial charge in [-0.1, -0.05) is 11.6 Å². The smallest absolute Gasteiger partial charge is 0.261 e. The molecule has 3 aromatic rings. The van der Waals surface area contributed by atoms with E-state index in [0.717, 1.165) is 27.3 Å². The minimum Gasteiger partial charge on any atom is -0.496 e. The van der Waals surface area contributed by atoms with Gasteiger partial charge in [0.05, 0.1) is 12.5 Å². The maximum absolute atomic E-state index is 12.2. The lowest BCUT2D eigenvalue weighted by Crippen LogP contribution is -2.07. The van der Waals surface area contributed by atoms with E-state index in [1.807, 2.05) is 30.5 Å². The molecule has 0 amide bonds. The maximum atomic E-state index is 12.2. The fourth-order valence-corrected chi connectivity index (χ4v) is 3.43. The molecule has 102 valence electrons. The minimum absolute atomic E-state index is 0.177. The first-order valence-corrected chi connectivity index (χ1v) is 7.28. The molecule has 2 heterocycles. The van der Waals surface area contributed by atoms with Gasteiger partial charge in [-0.15, -0.1) is 11.3 Å². The Kier molecular flexibility index (Phi) is 3.19. The molecule has 2 aromatic heterocycles. The van der Waals surface area contributed by atoms with Crippen LogP contribution in [-0.4, -0.2) is 17.1 Å². The Morgan fingerprint density at radius 2 is 2.05 bits per heavy atom. The van der Waals surface area contributed by atoms with Crippen molar-refractivity contribution in [2.24, 2.45) is 0 Å². The lowest BCUT2D eigenvalue weighted by atomic mass is 10.0. The Labute approximate surface area is 124 Å². The van der Waals surface area contributed by atoms with Crippen LogP contribution < -0.4 is 10.3 Å². The minimum atomic E-state index is -0.177. The van der Waals surface area contributed by atoms with E-state index in [2.05, 4.69) is 9.97 Å². The predicted octanol–water partition coefficient (Wildman–Crippen LogP) is 3.63. The number of methoxy groups -OCH3 is 1. The summed E-state index contributed by atoms with van der Waals surface area (Å²) in [4.78, 5) is 18.6. The van der Waals surface area contributed by atoms with Crippen LogP contribution >= 0.6 is 23.6 Å². The molecule has 3 rings (SSSR count). The zero-order valence-corrected chi connectivity index (χ0v) is 12.6. The molecule has 0 aliphatic carbocycles. The molecule has 0 saturated heterocycles. The van der Waals surface area contributed by atoms with Gasteiger partial charge in [0.1, 0.15) is 10.6 Å². The van der Waals surface area contributed by atoms with Crippen molar-refractivity contribution in [3.8, 4) is 16.9 Å². The van der Waals surface area contributed by atoms with Crippen LogP contribution in [0.3, 0.4) is 0 Å². The monoisotopic (exact) mass is 304 g/mol. The van der Waals surface area contributed by atoms with Gasteiger partial charge in [0.25, 0.3) is 5.56 Å². The van der Waals surface area contributed by atoms with Crippen LogP contribution in [0.4, 0.5) is 0 Å². The van der Waals surface area contributed by atoms with E-state index >= 15 is 0 Å². The number of hydrogen-bond acceptors (Lipinski definition) is 4. The highest BCUT2D eigenvalue weighted by Gasteiger charge is 2.14. The molecular formula is C14H12N2O2S2. The number of hydrogen-bond donors (Lipinski definition) is 2. The molecule has 20 heavy (non-hydrogen) atoms. The maximum Gasteiger partial charge on any atom is 0.261 e. The summed E-state index contributed by atoms with van der Waals surface area (Å²) in [6, 6.07) is 5.91. The number of H-pyrrole nitrogens is 2. The van der Waals surface area contributed by atoms with Gasteiger partial charge in [-0.25, -0.2) is 0 Å². The number of ether oxygens (including phenoxy) is 1. The molecule has 2 N–H and O–H groups in total. The highest BCUT2D eigenvalue weighted by atomic mass is 32.1. The zero-order chi connectivity index (χ0) is 14.3. The van der Waals surface area contributed by atoms with Crippen LogP contribution in [0.1, 0.15) is 5.56 Å². The predicted molar refractivity (Wildman–Crippen MR) is 84.4 cm³/mol. The average Bonchev–Trinajstić information content (AvgIpc) is 2.82. The Bertz CT molecular complexity index is 905. The SMILES string of the molecule is COc1ccc(C)cc1-c1csc2[nH]c(=S)[nH]c(=O)c12. The lowest BCUT2D eigenvalue weighted by Gasteiger charge is -2.08. The standard InChI is InChI=1S/C14H12N2O2S2/c1-7-3-4-10(18-2)8(5-7)9-6-20-13-11(9)12(17)15-14(19)16-13/h3-6H,1-2H3,(H2,15,16,17,19). The largest absolute Gasteiger partial charge is 0.496 e.